The quantitative estimate of drug-likeness (QED) is 0.806. The fourth-order valence-corrected chi connectivity index (χ4v) is 3.30. The first-order valence-electron chi connectivity index (χ1n) is 8.29. The highest BCUT2D eigenvalue weighted by atomic mass is 35.5. The van der Waals surface area contributed by atoms with Gasteiger partial charge in [0.1, 0.15) is 0 Å². The lowest BCUT2D eigenvalue weighted by Crippen LogP contribution is -2.44. The van der Waals surface area contributed by atoms with Gasteiger partial charge in [0.15, 0.2) is 0 Å². The average molecular weight is 375 g/mol. The summed E-state index contributed by atoms with van der Waals surface area (Å²) in [6.07, 6.45) is 3.13. The maximum atomic E-state index is 12.6. The third kappa shape index (κ3) is 4.24. The van der Waals surface area contributed by atoms with E-state index in [1.54, 1.807) is 18.2 Å². The zero-order chi connectivity index (χ0) is 17.8. The highest BCUT2D eigenvalue weighted by molar-refractivity contribution is 6.44. The highest BCUT2D eigenvalue weighted by Crippen LogP contribution is 2.30. The van der Waals surface area contributed by atoms with E-state index in [9.17, 15) is 4.79 Å². The van der Waals surface area contributed by atoms with Crippen molar-refractivity contribution in [1.82, 2.24) is 4.90 Å². The van der Waals surface area contributed by atoms with Gasteiger partial charge in [-0.3, -0.25) is 9.69 Å². The van der Waals surface area contributed by atoms with Crippen molar-refractivity contribution >= 4 is 40.4 Å². The van der Waals surface area contributed by atoms with E-state index in [1.807, 2.05) is 25.1 Å². The fourth-order valence-electron chi connectivity index (χ4n) is 2.95. The van der Waals surface area contributed by atoms with Gasteiger partial charge >= 0.3 is 0 Å². The second-order valence-corrected chi connectivity index (χ2v) is 6.89. The molecule has 0 radical (unpaired) electrons. The van der Waals surface area contributed by atoms with Crippen molar-refractivity contribution in [3.8, 4) is 0 Å². The highest BCUT2D eigenvalue weighted by Gasteiger charge is 2.24. The van der Waals surface area contributed by atoms with Crippen LogP contribution in [0.3, 0.4) is 0 Å². The van der Waals surface area contributed by atoms with Gasteiger partial charge in [-0.2, -0.15) is 0 Å². The van der Waals surface area contributed by atoms with Crippen molar-refractivity contribution in [2.24, 2.45) is 0 Å². The molecule has 1 aliphatic heterocycles. The van der Waals surface area contributed by atoms with Crippen LogP contribution in [0.1, 0.15) is 18.9 Å². The Morgan fingerprint density at radius 1 is 1.12 bits per heavy atom. The predicted molar refractivity (Wildman–Crippen MR) is 105 cm³/mol. The standard InChI is InChI=1S/C20H20Cl2N2O/c1-14(20(25)23-18-9-5-8-17(21)19(18)22)24-12-10-16(11-13-24)15-6-3-2-4-7-15/h2-10,14H,11-13H2,1H3,(H,23,25). The van der Waals surface area contributed by atoms with Crippen LogP contribution in [-0.4, -0.2) is 29.9 Å². The zero-order valence-electron chi connectivity index (χ0n) is 14.0. The molecule has 1 N–H and O–H groups in total. The number of amides is 1. The van der Waals surface area contributed by atoms with Crippen molar-refractivity contribution in [1.29, 1.82) is 0 Å². The second-order valence-electron chi connectivity index (χ2n) is 6.11. The van der Waals surface area contributed by atoms with Crippen molar-refractivity contribution in [3.63, 3.8) is 0 Å². The lowest BCUT2D eigenvalue weighted by atomic mass is 9.99. The summed E-state index contributed by atoms with van der Waals surface area (Å²) in [6, 6.07) is 15.3. The number of nitrogens with zero attached hydrogens (tertiary/aromatic N) is 1. The Bertz CT molecular complexity index is 790. The summed E-state index contributed by atoms with van der Waals surface area (Å²) in [7, 11) is 0. The van der Waals surface area contributed by atoms with Gasteiger partial charge in [0.05, 0.1) is 21.8 Å². The Hall–Kier alpha value is -1.81. The minimum atomic E-state index is -0.247. The molecule has 1 atom stereocenters. The van der Waals surface area contributed by atoms with Crippen molar-refractivity contribution in [2.75, 3.05) is 18.4 Å². The fraction of sp³-hybridized carbons (Fsp3) is 0.250. The van der Waals surface area contributed by atoms with Gasteiger partial charge in [-0.25, -0.2) is 0 Å². The van der Waals surface area contributed by atoms with Gasteiger partial charge in [-0.1, -0.05) is 65.7 Å². The predicted octanol–water partition coefficient (Wildman–Crippen LogP) is 5.11. The molecule has 0 bridgehead atoms. The molecule has 5 heteroatoms. The van der Waals surface area contributed by atoms with Crippen LogP contribution in [0.5, 0.6) is 0 Å². The topological polar surface area (TPSA) is 32.3 Å². The number of hydrogen-bond acceptors (Lipinski definition) is 2. The minimum Gasteiger partial charge on any atom is -0.323 e. The molecule has 25 heavy (non-hydrogen) atoms. The molecule has 1 unspecified atom stereocenters. The van der Waals surface area contributed by atoms with Crippen LogP contribution in [0.25, 0.3) is 5.57 Å². The van der Waals surface area contributed by atoms with Gasteiger partial charge in [-0.05, 0) is 36.6 Å². The first-order chi connectivity index (χ1) is 12.1. The molecule has 1 heterocycles. The van der Waals surface area contributed by atoms with Gasteiger partial charge < -0.3 is 5.32 Å². The molecule has 2 aromatic rings. The van der Waals surface area contributed by atoms with E-state index in [4.69, 9.17) is 23.2 Å². The second kappa shape index (κ2) is 8.05. The van der Waals surface area contributed by atoms with Crippen molar-refractivity contribution in [2.45, 2.75) is 19.4 Å². The first kappa shape index (κ1) is 18.0. The summed E-state index contributed by atoms with van der Waals surface area (Å²) in [5.74, 6) is -0.0827. The number of carbonyl (C=O) groups excluding carboxylic acids is 1. The van der Waals surface area contributed by atoms with Gasteiger partial charge in [0, 0.05) is 13.1 Å². The van der Waals surface area contributed by atoms with Crippen LogP contribution in [-0.2, 0) is 4.79 Å². The average Bonchev–Trinajstić information content (AvgIpc) is 2.65. The molecule has 3 nitrogen and oxygen atoms in total. The molecule has 1 amide bonds. The number of carbonyl (C=O) groups is 1. The third-order valence-corrected chi connectivity index (χ3v) is 5.34. The lowest BCUT2D eigenvalue weighted by Gasteiger charge is -2.31. The molecule has 0 aromatic heterocycles. The number of halogens is 2. The van der Waals surface area contributed by atoms with Gasteiger partial charge in [0.25, 0.3) is 0 Å². The van der Waals surface area contributed by atoms with Crippen LogP contribution >= 0.6 is 23.2 Å². The zero-order valence-corrected chi connectivity index (χ0v) is 15.5. The van der Waals surface area contributed by atoms with Crippen LogP contribution in [0, 0.1) is 0 Å². The van der Waals surface area contributed by atoms with Crippen LogP contribution in [0.4, 0.5) is 5.69 Å². The van der Waals surface area contributed by atoms with Crippen LogP contribution in [0.2, 0.25) is 10.0 Å². The van der Waals surface area contributed by atoms with E-state index < -0.39 is 0 Å². The summed E-state index contributed by atoms with van der Waals surface area (Å²) in [4.78, 5) is 14.7. The monoisotopic (exact) mass is 374 g/mol. The molecule has 0 saturated carbocycles. The minimum absolute atomic E-state index is 0.0827. The van der Waals surface area contributed by atoms with Crippen LogP contribution < -0.4 is 5.32 Å². The first-order valence-corrected chi connectivity index (χ1v) is 9.05. The van der Waals surface area contributed by atoms with E-state index >= 15 is 0 Å². The number of rotatable bonds is 4. The van der Waals surface area contributed by atoms with E-state index in [1.165, 1.54) is 11.1 Å². The Morgan fingerprint density at radius 2 is 1.88 bits per heavy atom. The molecule has 1 aliphatic rings. The summed E-state index contributed by atoms with van der Waals surface area (Å²) in [6.45, 7) is 3.51. The molecule has 130 valence electrons. The molecule has 0 fully saturated rings. The summed E-state index contributed by atoms with van der Waals surface area (Å²) < 4.78 is 0. The number of benzene rings is 2. The molecule has 2 aromatic carbocycles. The van der Waals surface area contributed by atoms with E-state index in [2.05, 4.69) is 28.4 Å². The molecule has 0 saturated heterocycles. The molecular formula is C20H20Cl2N2O. The molecule has 3 rings (SSSR count). The van der Waals surface area contributed by atoms with Gasteiger partial charge in [0.2, 0.25) is 5.91 Å². The summed E-state index contributed by atoms with van der Waals surface area (Å²) in [5.41, 5.74) is 3.14. The number of nitrogens with one attached hydrogen (secondary N) is 1. The Morgan fingerprint density at radius 3 is 2.56 bits per heavy atom. The van der Waals surface area contributed by atoms with E-state index in [0.29, 0.717) is 15.7 Å². The largest absolute Gasteiger partial charge is 0.323 e. The van der Waals surface area contributed by atoms with Crippen molar-refractivity contribution < 1.29 is 4.79 Å². The molecular weight excluding hydrogens is 355 g/mol. The smallest absolute Gasteiger partial charge is 0.241 e. The number of anilines is 1. The normalized spacial score (nSPS) is 16.2. The lowest BCUT2D eigenvalue weighted by molar-refractivity contribution is -0.120. The SMILES string of the molecule is CC(C(=O)Nc1cccc(Cl)c1Cl)N1CC=C(c2ccccc2)CC1. The van der Waals surface area contributed by atoms with Crippen molar-refractivity contribution in [3.05, 3.63) is 70.2 Å². The van der Waals surface area contributed by atoms with E-state index in [-0.39, 0.29) is 11.9 Å². The maximum absolute atomic E-state index is 12.6. The van der Waals surface area contributed by atoms with E-state index in [0.717, 1.165) is 19.5 Å². The molecule has 0 spiro atoms. The summed E-state index contributed by atoms with van der Waals surface area (Å²) >= 11 is 12.1. The Labute approximate surface area is 158 Å². The summed E-state index contributed by atoms with van der Waals surface area (Å²) in [5, 5.41) is 3.67. The van der Waals surface area contributed by atoms with Crippen LogP contribution in [0.15, 0.2) is 54.6 Å². The number of hydrogen-bond donors (Lipinski definition) is 1. The Kier molecular flexibility index (Phi) is 5.79. The van der Waals surface area contributed by atoms with Gasteiger partial charge in [-0.15, -0.1) is 0 Å². The third-order valence-electron chi connectivity index (χ3n) is 4.52. The molecule has 0 aliphatic carbocycles. The maximum Gasteiger partial charge on any atom is 0.241 e. The Balaban J connectivity index is 1.64.